The smallest absolute Gasteiger partial charge is 0.309 e. The van der Waals surface area contributed by atoms with E-state index in [-0.39, 0.29) is 0 Å². The van der Waals surface area contributed by atoms with Crippen molar-refractivity contribution in [3.8, 4) is 0 Å². The number of amides is 2. The molecule has 0 radical (unpaired) electrons. The van der Waals surface area contributed by atoms with Gasteiger partial charge in [-0.25, -0.2) is 0 Å². The lowest BCUT2D eigenvalue weighted by atomic mass is 10.1. The summed E-state index contributed by atoms with van der Waals surface area (Å²) >= 11 is 0. The first-order valence-corrected chi connectivity index (χ1v) is 5.76. The van der Waals surface area contributed by atoms with Gasteiger partial charge in [0.05, 0.1) is 0 Å². The lowest BCUT2D eigenvalue weighted by molar-refractivity contribution is -0.138. The second kappa shape index (κ2) is 8.56. The molecule has 0 aromatic heterocycles. The second-order valence-corrected chi connectivity index (χ2v) is 4.16. The summed E-state index contributed by atoms with van der Waals surface area (Å²) < 4.78 is 0. The van der Waals surface area contributed by atoms with Crippen molar-refractivity contribution in [2.45, 2.75) is 33.6 Å². The predicted octanol–water partition coefficient (Wildman–Crippen LogP) is 1.54. The van der Waals surface area contributed by atoms with Crippen LogP contribution in [0.4, 0.5) is 0 Å². The van der Waals surface area contributed by atoms with Gasteiger partial charge < -0.3 is 10.6 Å². The SMILES string of the molecule is CNC(=O)C(=O)NCC=C(C)CCC=C(C)C. The van der Waals surface area contributed by atoms with Gasteiger partial charge in [0.1, 0.15) is 0 Å². The zero-order valence-corrected chi connectivity index (χ0v) is 11.1. The summed E-state index contributed by atoms with van der Waals surface area (Å²) in [6.45, 7) is 6.56. The number of carbonyl (C=O) groups is 2. The van der Waals surface area contributed by atoms with E-state index in [1.807, 2.05) is 13.0 Å². The van der Waals surface area contributed by atoms with Gasteiger partial charge in [-0.05, 0) is 33.6 Å². The van der Waals surface area contributed by atoms with Gasteiger partial charge in [-0.15, -0.1) is 0 Å². The van der Waals surface area contributed by atoms with Crippen LogP contribution >= 0.6 is 0 Å². The van der Waals surface area contributed by atoms with E-state index in [0.29, 0.717) is 6.54 Å². The van der Waals surface area contributed by atoms with Gasteiger partial charge in [-0.3, -0.25) is 9.59 Å². The molecule has 4 nitrogen and oxygen atoms in total. The van der Waals surface area contributed by atoms with Crippen molar-refractivity contribution in [2.24, 2.45) is 0 Å². The van der Waals surface area contributed by atoms with Crippen LogP contribution in [-0.2, 0) is 9.59 Å². The van der Waals surface area contributed by atoms with E-state index in [4.69, 9.17) is 0 Å². The molecule has 0 heterocycles. The van der Waals surface area contributed by atoms with Crippen LogP contribution in [0.1, 0.15) is 33.6 Å². The van der Waals surface area contributed by atoms with E-state index in [1.165, 1.54) is 18.2 Å². The summed E-state index contributed by atoms with van der Waals surface area (Å²) in [6, 6.07) is 0. The molecule has 0 saturated carbocycles. The van der Waals surface area contributed by atoms with Crippen molar-refractivity contribution < 1.29 is 9.59 Å². The number of carbonyl (C=O) groups excluding carboxylic acids is 2. The summed E-state index contributed by atoms with van der Waals surface area (Å²) in [5.41, 5.74) is 2.52. The molecule has 0 unspecified atom stereocenters. The van der Waals surface area contributed by atoms with E-state index >= 15 is 0 Å². The topological polar surface area (TPSA) is 58.2 Å². The Hall–Kier alpha value is -1.58. The summed E-state index contributed by atoms with van der Waals surface area (Å²) in [5, 5.41) is 4.79. The minimum atomic E-state index is -0.611. The third-order valence-corrected chi connectivity index (χ3v) is 2.24. The molecule has 0 bridgehead atoms. The standard InChI is InChI=1S/C13H22N2O2/c1-10(2)6-5-7-11(3)8-9-15-13(17)12(16)14-4/h6,8H,5,7,9H2,1-4H3,(H,14,16)(H,15,17). The normalized spacial score (nSPS) is 10.7. The molecule has 96 valence electrons. The molecule has 0 aliphatic heterocycles. The summed E-state index contributed by atoms with van der Waals surface area (Å²) in [4.78, 5) is 22.0. The molecular weight excluding hydrogens is 216 g/mol. The van der Waals surface area contributed by atoms with Crippen molar-refractivity contribution in [1.29, 1.82) is 0 Å². The molecule has 2 amide bonds. The number of hydrogen-bond acceptors (Lipinski definition) is 2. The Balaban J connectivity index is 3.88. The Morgan fingerprint density at radius 3 is 2.24 bits per heavy atom. The number of rotatable bonds is 5. The lowest BCUT2D eigenvalue weighted by Gasteiger charge is -2.02. The fourth-order valence-electron chi connectivity index (χ4n) is 1.20. The monoisotopic (exact) mass is 238 g/mol. The van der Waals surface area contributed by atoms with Gasteiger partial charge in [-0.2, -0.15) is 0 Å². The summed E-state index contributed by atoms with van der Waals surface area (Å²) in [5.74, 6) is -1.21. The minimum absolute atomic E-state index is 0.396. The molecule has 0 aromatic carbocycles. The first-order valence-electron chi connectivity index (χ1n) is 5.76. The Morgan fingerprint density at radius 2 is 1.71 bits per heavy atom. The van der Waals surface area contributed by atoms with Crippen molar-refractivity contribution >= 4 is 11.8 Å². The molecule has 0 spiro atoms. The van der Waals surface area contributed by atoms with Gasteiger partial charge in [-0.1, -0.05) is 23.3 Å². The average Bonchev–Trinajstić information content (AvgIpc) is 2.27. The highest BCUT2D eigenvalue weighted by Crippen LogP contribution is 2.05. The highest BCUT2D eigenvalue weighted by molar-refractivity contribution is 6.35. The Labute approximate surface area is 103 Å². The zero-order chi connectivity index (χ0) is 13.3. The Kier molecular flexibility index (Phi) is 7.76. The van der Waals surface area contributed by atoms with Gasteiger partial charge in [0.15, 0.2) is 0 Å². The first kappa shape index (κ1) is 15.4. The van der Waals surface area contributed by atoms with Gasteiger partial charge in [0, 0.05) is 13.6 Å². The largest absolute Gasteiger partial charge is 0.351 e. The van der Waals surface area contributed by atoms with E-state index < -0.39 is 11.8 Å². The molecule has 0 aliphatic carbocycles. The summed E-state index contributed by atoms with van der Waals surface area (Å²) in [7, 11) is 1.43. The number of allylic oxidation sites excluding steroid dienone is 3. The molecule has 0 saturated heterocycles. The van der Waals surface area contributed by atoms with Gasteiger partial charge in [0.2, 0.25) is 0 Å². The molecule has 0 aliphatic rings. The van der Waals surface area contributed by atoms with Crippen molar-refractivity contribution in [3.05, 3.63) is 23.3 Å². The number of nitrogens with one attached hydrogen (secondary N) is 2. The van der Waals surface area contributed by atoms with Crippen LogP contribution in [0.15, 0.2) is 23.3 Å². The van der Waals surface area contributed by atoms with Crippen LogP contribution < -0.4 is 10.6 Å². The van der Waals surface area contributed by atoms with E-state index in [2.05, 4.69) is 30.6 Å². The second-order valence-electron chi connectivity index (χ2n) is 4.16. The van der Waals surface area contributed by atoms with E-state index in [0.717, 1.165) is 12.8 Å². The maximum Gasteiger partial charge on any atom is 0.309 e. The van der Waals surface area contributed by atoms with Crippen LogP contribution in [0.2, 0.25) is 0 Å². The average molecular weight is 238 g/mol. The van der Waals surface area contributed by atoms with E-state index in [9.17, 15) is 9.59 Å². The number of hydrogen-bond donors (Lipinski definition) is 2. The maximum absolute atomic E-state index is 11.1. The molecule has 4 heteroatoms. The van der Waals surface area contributed by atoms with Crippen molar-refractivity contribution in [3.63, 3.8) is 0 Å². The Morgan fingerprint density at radius 1 is 1.06 bits per heavy atom. The van der Waals surface area contributed by atoms with Crippen LogP contribution in [-0.4, -0.2) is 25.4 Å². The molecule has 0 aromatic rings. The first-order chi connectivity index (χ1) is 7.97. The molecule has 17 heavy (non-hydrogen) atoms. The van der Waals surface area contributed by atoms with Crippen LogP contribution in [0.25, 0.3) is 0 Å². The molecule has 2 N–H and O–H groups in total. The Bertz CT molecular complexity index is 326. The molecular formula is C13H22N2O2. The van der Waals surface area contributed by atoms with Gasteiger partial charge in [0.25, 0.3) is 0 Å². The van der Waals surface area contributed by atoms with Crippen LogP contribution in [0, 0.1) is 0 Å². The number of likely N-dealkylation sites (N-methyl/N-ethyl adjacent to an activating group) is 1. The highest BCUT2D eigenvalue weighted by Gasteiger charge is 2.08. The van der Waals surface area contributed by atoms with Crippen molar-refractivity contribution in [1.82, 2.24) is 10.6 Å². The molecule has 0 atom stereocenters. The fraction of sp³-hybridized carbons (Fsp3) is 0.538. The quantitative estimate of drug-likeness (QED) is 0.564. The molecule has 0 rings (SSSR count). The van der Waals surface area contributed by atoms with Crippen LogP contribution in [0.3, 0.4) is 0 Å². The van der Waals surface area contributed by atoms with E-state index in [1.54, 1.807) is 0 Å². The molecule has 0 fully saturated rings. The van der Waals surface area contributed by atoms with Gasteiger partial charge >= 0.3 is 11.8 Å². The van der Waals surface area contributed by atoms with Crippen LogP contribution in [0.5, 0.6) is 0 Å². The third kappa shape index (κ3) is 8.25. The fourth-order valence-corrected chi connectivity index (χ4v) is 1.20. The predicted molar refractivity (Wildman–Crippen MR) is 69.5 cm³/mol. The third-order valence-electron chi connectivity index (χ3n) is 2.24. The maximum atomic E-state index is 11.1. The minimum Gasteiger partial charge on any atom is -0.351 e. The highest BCUT2D eigenvalue weighted by atomic mass is 16.2. The summed E-state index contributed by atoms with van der Waals surface area (Å²) in [6.07, 6.45) is 6.09. The van der Waals surface area contributed by atoms with Crippen molar-refractivity contribution in [2.75, 3.05) is 13.6 Å². The zero-order valence-electron chi connectivity index (χ0n) is 11.1. The lowest BCUT2D eigenvalue weighted by Crippen LogP contribution is -2.38.